The summed E-state index contributed by atoms with van der Waals surface area (Å²) in [5, 5.41) is 62.9. The number of hydrogen-bond acceptors (Lipinski definition) is 11. The van der Waals surface area contributed by atoms with E-state index in [1.165, 1.54) is 0 Å². The van der Waals surface area contributed by atoms with Gasteiger partial charge in [-0.3, -0.25) is 0 Å². The first kappa shape index (κ1) is 31.6. The van der Waals surface area contributed by atoms with Crippen LogP contribution < -0.4 is 0 Å². The normalized spacial score (nSPS) is 49.1. The van der Waals surface area contributed by atoms with Gasteiger partial charge in [0.05, 0.1) is 25.4 Å². The van der Waals surface area contributed by atoms with Gasteiger partial charge in [0.2, 0.25) is 0 Å². The average molecular weight is 552 g/mol. The van der Waals surface area contributed by atoms with Crippen LogP contribution in [0.25, 0.3) is 0 Å². The van der Waals surface area contributed by atoms with E-state index in [1.54, 1.807) is 6.82 Å². The van der Waals surface area contributed by atoms with Crippen molar-refractivity contribution in [2.45, 2.75) is 115 Å². The topological polar surface area (TPSA) is 168 Å². The van der Waals surface area contributed by atoms with Gasteiger partial charge >= 0.3 is 6.64 Å². The molecule has 3 aliphatic rings. The molecule has 37 heavy (non-hydrogen) atoms. The summed E-state index contributed by atoms with van der Waals surface area (Å²) in [7, 11) is 2.39. The van der Waals surface area contributed by atoms with Crippen LogP contribution in [0.5, 0.6) is 0 Å². The van der Waals surface area contributed by atoms with E-state index in [0.717, 1.165) is 12.8 Å². The van der Waals surface area contributed by atoms with Crippen LogP contribution >= 0.6 is 9.12 Å². The molecule has 2 aliphatic heterocycles. The first-order valence-corrected chi connectivity index (χ1v) is 14.1. The Morgan fingerprint density at radius 2 is 1.27 bits per heavy atom. The van der Waals surface area contributed by atoms with E-state index < -0.39 is 74.6 Å². The minimum absolute atomic E-state index is 0.195. The number of aliphatic hydroxyl groups excluding tert-OH is 6. The first-order valence-electron chi connectivity index (χ1n) is 13.4. The van der Waals surface area contributed by atoms with Crippen molar-refractivity contribution in [2.75, 3.05) is 13.2 Å². The average Bonchev–Trinajstić information content (AvgIpc) is 2.87. The van der Waals surface area contributed by atoms with Gasteiger partial charge in [-0.05, 0) is 30.1 Å². The van der Waals surface area contributed by atoms with Crippen molar-refractivity contribution in [1.82, 2.24) is 0 Å². The maximum absolute atomic E-state index is 11.0. The molecule has 3 rings (SSSR count). The van der Waals surface area contributed by atoms with E-state index in [-0.39, 0.29) is 24.6 Å². The lowest BCUT2D eigenvalue weighted by molar-refractivity contribution is -0.365. The molecular weight excluding hydrogens is 506 g/mol. The number of ether oxygens (including phenoxy) is 4. The fourth-order valence-corrected chi connectivity index (χ4v) is 6.11. The highest BCUT2D eigenvalue weighted by molar-refractivity contribution is 7.60. The molecule has 2 saturated heterocycles. The molecule has 3 fully saturated rings. The minimum atomic E-state index is -1.59. The molecule has 0 radical (unpaired) electrons. The fraction of sp³-hybridized carbons (Fsp3) is 1.00. The molecular formula is C24H46BO11P. The molecule has 0 spiro atoms. The summed E-state index contributed by atoms with van der Waals surface area (Å²) in [6.07, 6.45) is -11.6. The Labute approximate surface area is 222 Å². The van der Waals surface area contributed by atoms with E-state index in [4.69, 9.17) is 23.6 Å². The van der Waals surface area contributed by atoms with E-state index >= 15 is 0 Å². The summed E-state index contributed by atoms with van der Waals surface area (Å²) in [4.78, 5) is 0. The summed E-state index contributed by atoms with van der Waals surface area (Å²) in [6, 6.07) is 0. The third-order valence-corrected chi connectivity index (χ3v) is 8.66. The zero-order chi connectivity index (χ0) is 27.6. The van der Waals surface area contributed by atoms with E-state index in [1.807, 2.05) is 0 Å². The van der Waals surface area contributed by atoms with E-state index in [0.29, 0.717) is 11.8 Å². The Morgan fingerprint density at radius 3 is 1.76 bits per heavy atom. The number of hydrogen-bond donors (Lipinski definition) is 6. The highest BCUT2D eigenvalue weighted by Gasteiger charge is 2.52. The molecule has 13 heteroatoms. The van der Waals surface area contributed by atoms with Crippen LogP contribution in [0.2, 0.25) is 6.82 Å². The monoisotopic (exact) mass is 552 g/mol. The Bertz CT molecular complexity index is 702. The Morgan fingerprint density at radius 1 is 0.784 bits per heavy atom. The molecule has 2 heterocycles. The lowest BCUT2D eigenvalue weighted by Gasteiger charge is -2.49. The van der Waals surface area contributed by atoms with Gasteiger partial charge in [-0.15, -0.1) is 9.12 Å². The quantitative estimate of drug-likeness (QED) is 0.159. The minimum Gasteiger partial charge on any atom is -0.424 e. The summed E-state index contributed by atoms with van der Waals surface area (Å²) in [6.45, 7) is 8.88. The van der Waals surface area contributed by atoms with Gasteiger partial charge < -0.3 is 54.2 Å². The molecule has 11 nitrogen and oxygen atoms in total. The van der Waals surface area contributed by atoms with Gasteiger partial charge in [-0.2, -0.15) is 0 Å². The standard InChI is InChI=1S/C24H46BO11P/c1-6-13-7-10(2)11(3)12(4)20(13)34-23-18(30)16(28)21(14(8-26)32-23)35-24-19(31)17(29)22(36-25(5)37)15(9-27)33-24/h10-24,26-31H,6-9,37H2,1-5H3/t10-,11?,12?,13-,14?,15?,16+,17+,18?,19?,20-,21-,22-,23-,24-/m0/s1. The van der Waals surface area contributed by atoms with Gasteiger partial charge in [-0.25, -0.2) is 0 Å². The first-order chi connectivity index (χ1) is 17.4. The summed E-state index contributed by atoms with van der Waals surface area (Å²) < 4.78 is 29.1. The zero-order valence-corrected chi connectivity index (χ0v) is 23.5. The Kier molecular flexibility index (Phi) is 11.6. The molecule has 1 aliphatic carbocycles. The smallest absolute Gasteiger partial charge is 0.312 e. The molecule has 16 atom stereocenters. The van der Waals surface area contributed by atoms with Crippen molar-refractivity contribution >= 4 is 15.8 Å². The third-order valence-electron chi connectivity index (χ3n) is 8.50. The van der Waals surface area contributed by atoms with Crippen LogP contribution in [-0.2, 0) is 23.6 Å². The van der Waals surface area contributed by atoms with Crippen molar-refractivity contribution in [3.63, 3.8) is 0 Å². The van der Waals surface area contributed by atoms with Crippen molar-refractivity contribution in [3.05, 3.63) is 0 Å². The fourth-order valence-electron chi connectivity index (χ4n) is 5.93. The molecule has 0 aromatic heterocycles. The lowest BCUT2D eigenvalue weighted by atomic mass is 9.67. The largest absolute Gasteiger partial charge is 0.424 e. The molecule has 0 amide bonds. The highest BCUT2D eigenvalue weighted by atomic mass is 31.0. The van der Waals surface area contributed by atoms with Crippen LogP contribution in [0.1, 0.15) is 40.5 Å². The van der Waals surface area contributed by atoms with Gasteiger partial charge in [0.25, 0.3) is 0 Å². The van der Waals surface area contributed by atoms with E-state index in [9.17, 15) is 30.6 Å². The van der Waals surface area contributed by atoms with Crippen LogP contribution in [0.15, 0.2) is 0 Å². The van der Waals surface area contributed by atoms with Crippen LogP contribution in [0, 0.1) is 23.7 Å². The van der Waals surface area contributed by atoms with E-state index in [2.05, 4.69) is 36.8 Å². The summed E-state index contributed by atoms with van der Waals surface area (Å²) >= 11 is 0. The van der Waals surface area contributed by atoms with Crippen molar-refractivity contribution in [3.8, 4) is 0 Å². The molecule has 0 aromatic carbocycles. The number of rotatable bonds is 9. The zero-order valence-electron chi connectivity index (χ0n) is 22.4. The number of aliphatic hydroxyl groups is 6. The second kappa shape index (κ2) is 13.6. The second-order valence-corrected chi connectivity index (χ2v) is 12.0. The van der Waals surface area contributed by atoms with Gasteiger partial charge in [0, 0.05) is 0 Å². The molecule has 216 valence electrons. The van der Waals surface area contributed by atoms with Gasteiger partial charge in [-0.1, -0.05) is 40.9 Å². The predicted molar refractivity (Wildman–Crippen MR) is 137 cm³/mol. The van der Waals surface area contributed by atoms with Gasteiger partial charge in [0.1, 0.15) is 42.7 Å². The van der Waals surface area contributed by atoms with Gasteiger partial charge in [0.15, 0.2) is 12.6 Å². The van der Waals surface area contributed by atoms with Crippen LogP contribution in [0.3, 0.4) is 0 Å². The summed E-state index contributed by atoms with van der Waals surface area (Å²) in [5.74, 6) is 1.40. The van der Waals surface area contributed by atoms with Crippen molar-refractivity contribution in [1.29, 1.82) is 0 Å². The second-order valence-electron chi connectivity index (χ2n) is 11.0. The maximum atomic E-state index is 11.0. The molecule has 0 aromatic rings. The van der Waals surface area contributed by atoms with Crippen LogP contribution in [-0.4, -0.2) is 118 Å². The highest BCUT2D eigenvalue weighted by Crippen LogP contribution is 2.42. The maximum Gasteiger partial charge on any atom is 0.312 e. The molecule has 6 N–H and O–H groups in total. The molecule has 1 saturated carbocycles. The van der Waals surface area contributed by atoms with Crippen LogP contribution in [0.4, 0.5) is 0 Å². The SMILES string of the molecule is CC[C@H]1C[C@H](C)C(C)C(C)[C@@H]1O[C@@H]1OC(CO)[C@H](O[C@@H]2OC(CO)[C@H](OB(C)P)[C@H](O)C2O)[C@H](O)C1O. The van der Waals surface area contributed by atoms with Crippen molar-refractivity contribution in [2.24, 2.45) is 23.7 Å². The molecule has 0 bridgehead atoms. The Hall–Kier alpha value is 0.0549. The molecule has 7 unspecified atom stereocenters. The third kappa shape index (κ3) is 6.86. The lowest BCUT2D eigenvalue weighted by Crippen LogP contribution is -2.65. The summed E-state index contributed by atoms with van der Waals surface area (Å²) in [5.41, 5.74) is 0. The Balaban J connectivity index is 1.71. The van der Waals surface area contributed by atoms with Crippen molar-refractivity contribution < 1.29 is 54.2 Å². The predicted octanol–water partition coefficient (Wildman–Crippen LogP) is -0.649.